The fourth-order valence-corrected chi connectivity index (χ4v) is 2.53. The van der Waals surface area contributed by atoms with Crippen molar-refractivity contribution in [1.29, 1.82) is 0 Å². The van der Waals surface area contributed by atoms with Crippen LogP contribution in [0.1, 0.15) is 23.2 Å². The van der Waals surface area contributed by atoms with Crippen LogP contribution in [0.3, 0.4) is 0 Å². The molecule has 1 aromatic heterocycles. The summed E-state index contributed by atoms with van der Waals surface area (Å²) in [4.78, 5) is 29.2. The molecular formula is C15H13ClN2O3. The van der Waals surface area contributed by atoms with Crippen LogP contribution in [-0.2, 0) is 4.79 Å². The molecule has 0 radical (unpaired) electrons. The molecule has 3 rings (SSSR count). The van der Waals surface area contributed by atoms with E-state index in [0.717, 1.165) is 12.8 Å². The quantitative estimate of drug-likeness (QED) is 0.942. The van der Waals surface area contributed by atoms with Crippen molar-refractivity contribution in [3.63, 3.8) is 0 Å². The van der Waals surface area contributed by atoms with Gasteiger partial charge in [-0.15, -0.1) is 0 Å². The van der Waals surface area contributed by atoms with Gasteiger partial charge in [0.2, 0.25) is 0 Å². The lowest BCUT2D eigenvalue weighted by molar-refractivity contribution is -0.137. The molecule has 5 nitrogen and oxygen atoms in total. The number of pyridine rings is 1. The molecule has 0 aliphatic heterocycles. The van der Waals surface area contributed by atoms with Gasteiger partial charge in [0.15, 0.2) is 0 Å². The Bertz CT molecular complexity index is 728. The Labute approximate surface area is 126 Å². The van der Waals surface area contributed by atoms with Crippen molar-refractivity contribution >= 4 is 34.4 Å². The first-order chi connectivity index (χ1) is 10.1. The van der Waals surface area contributed by atoms with Crippen LogP contribution in [0.15, 0.2) is 30.5 Å². The van der Waals surface area contributed by atoms with Crippen molar-refractivity contribution in [2.24, 2.45) is 0 Å². The van der Waals surface area contributed by atoms with E-state index in [1.165, 1.54) is 11.1 Å². The molecule has 0 atom stereocenters. The smallest absolute Gasteiger partial charge is 0.323 e. The fourth-order valence-electron chi connectivity index (χ4n) is 2.36. The van der Waals surface area contributed by atoms with E-state index in [-0.39, 0.29) is 18.5 Å². The average Bonchev–Trinajstić information content (AvgIpc) is 3.27. The number of hydrogen-bond donors (Lipinski definition) is 1. The second-order valence-corrected chi connectivity index (χ2v) is 5.51. The molecule has 0 bridgehead atoms. The molecule has 1 aliphatic rings. The first-order valence-corrected chi connectivity index (χ1v) is 7.01. The minimum atomic E-state index is -1.00. The van der Waals surface area contributed by atoms with Crippen molar-refractivity contribution in [3.8, 4) is 0 Å². The van der Waals surface area contributed by atoms with Crippen molar-refractivity contribution in [1.82, 2.24) is 9.88 Å². The molecular weight excluding hydrogens is 292 g/mol. The molecule has 0 saturated heterocycles. The third kappa shape index (κ3) is 2.83. The molecule has 1 saturated carbocycles. The summed E-state index contributed by atoms with van der Waals surface area (Å²) < 4.78 is 0. The number of carbonyl (C=O) groups is 2. The van der Waals surface area contributed by atoms with E-state index in [1.807, 2.05) is 0 Å². The maximum absolute atomic E-state index is 12.7. The normalized spacial score (nSPS) is 14.1. The zero-order valence-electron chi connectivity index (χ0n) is 11.1. The standard InChI is InChI=1S/C15H13ClN2O3/c16-9-1-4-11-12(5-6-17-13(11)7-9)15(21)18(8-14(19)20)10-2-3-10/h1,4-7,10H,2-3,8H2,(H,19,20). The lowest BCUT2D eigenvalue weighted by Gasteiger charge is -2.21. The monoisotopic (exact) mass is 304 g/mol. The van der Waals surface area contributed by atoms with Gasteiger partial charge in [0, 0.05) is 22.6 Å². The third-order valence-electron chi connectivity index (χ3n) is 3.49. The molecule has 6 heteroatoms. The number of amides is 1. The molecule has 2 aromatic rings. The van der Waals surface area contributed by atoms with E-state index in [0.29, 0.717) is 21.5 Å². The predicted molar refractivity (Wildman–Crippen MR) is 78.4 cm³/mol. The number of aliphatic carboxylic acids is 1. The van der Waals surface area contributed by atoms with E-state index < -0.39 is 5.97 Å². The Balaban J connectivity index is 2.02. The first kappa shape index (κ1) is 13.8. The molecule has 108 valence electrons. The molecule has 1 N–H and O–H groups in total. The molecule has 0 spiro atoms. The molecule has 1 aliphatic carbocycles. The second kappa shape index (κ2) is 5.33. The van der Waals surface area contributed by atoms with Crippen LogP contribution in [0.5, 0.6) is 0 Å². The van der Waals surface area contributed by atoms with Crippen molar-refractivity contribution in [3.05, 3.63) is 41.0 Å². The van der Waals surface area contributed by atoms with Crippen LogP contribution >= 0.6 is 11.6 Å². The summed E-state index contributed by atoms with van der Waals surface area (Å²) in [6.45, 7) is -0.277. The fraction of sp³-hybridized carbons (Fsp3) is 0.267. The van der Waals surface area contributed by atoms with Crippen LogP contribution in [0, 0.1) is 0 Å². The van der Waals surface area contributed by atoms with Gasteiger partial charge in [-0.05, 0) is 31.0 Å². The van der Waals surface area contributed by atoms with E-state index in [1.54, 1.807) is 24.3 Å². The predicted octanol–water partition coefficient (Wildman–Crippen LogP) is 2.58. The SMILES string of the molecule is O=C(O)CN(C(=O)c1ccnc2cc(Cl)ccc12)C1CC1. The number of benzene rings is 1. The maximum atomic E-state index is 12.7. The summed E-state index contributed by atoms with van der Waals surface area (Å²) in [6.07, 6.45) is 3.25. The van der Waals surface area contributed by atoms with Crippen molar-refractivity contribution < 1.29 is 14.7 Å². The van der Waals surface area contributed by atoms with Gasteiger partial charge < -0.3 is 10.0 Å². The topological polar surface area (TPSA) is 70.5 Å². The Morgan fingerprint density at radius 2 is 2.10 bits per heavy atom. The number of nitrogens with zero attached hydrogens (tertiary/aromatic N) is 2. The van der Waals surface area contributed by atoms with Gasteiger partial charge >= 0.3 is 5.97 Å². The van der Waals surface area contributed by atoms with Gasteiger partial charge in [-0.1, -0.05) is 17.7 Å². The minimum absolute atomic E-state index is 0.0316. The van der Waals surface area contributed by atoms with E-state index in [2.05, 4.69) is 4.98 Å². The number of halogens is 1. The highest BCUT2D eigenvalue weighted by Gasteiger charge is 2.34. The summed E-state index contributed by atoms with van der Waals surface area (Å²) in [6, 6.07) is 6.77. The highest BCUT2D eigenvalue weighted by Crippen LogP contribution is 2.29. The minimum Gasteiger partial charge on any atom is -0.480 e. The number of carboxylic acid groups (broad SMARTS) is 1. The van der Waals surface area contributed by atoms with Crippen LogP contribution < -0.4 is 0 Å². The van der Waals surface area contributed by atoms with Gasteiger partial charge in [0.25, 0.3) is 5.91 Å². The number of fused-ring (bicyclic) bond motifs is 1. The Morgan fingerprint density at radius 1 is 1.33 bits per heavy atom. The summed E-state index contributed by atoms with van der Waals surface area (Å²) in [5.41, 5.74) is 1.09. The highest BCUT2D eigenvalue weighted by molar-refractivity contribution is 6.31. The number of carboxylic acids is 1. The third-order valence-corrected chi connectivity index (χ3v) is 3.72. The van der Waals surface area contributed by atoms with Crippen LogP contribution in [0.4, 0.5) is 0 Å². The largest absolute Gasteiger partial charge is 0.480 e. The highest BCUT2D eigenvalue weighted by atomic mass is 35.5. The zero-order chi connectivity index (χ0) is 15.0. The van der Waals surface area contributed by atoms with Gasteiger partial charge in [-0.2, -0.15) is 0 Å². The van der Waals surface area contributed by atoms with Crippen LogP contribution in [0.25, 0.3) is 10.9 Å². The lowest BCUT2D eigenvalue weighted by Crippen LogP contribution is -2.37. The van der Waals surface area contributed by atoms with Crippen LogP contribution in [-0.4, -0.2) is 39.5 Å². The number of rotatable bonds is 4. The maximum Gasteiger partial charge on any atom is 0.323 e. The number of hydrogen-bond acceptors (Lipinski definition) is 3. The van der Waals surface area contributed by atoms with Gasteiger partial charge in [-0.25, -0.2) is 0 Å². The molecule has 1 heterocycles. The molecule has 1 amide bonds. The van der Waals surface area contributed by atoms with Gasteiger partial charge in [0.1, 0.15) is 6.54 Å². The van der Waals surface area contributed by atoms with E-state index in [9.17, 15) is 9.59 Å². The van der Waals surface area contributed by atoms with Crippen molar-refractivity contribution in [2.45, 2.75) is 18.9 Å². The van der Waals surface area contributed by atoms with Gasteiger partial charge in [-0.3, -0.25) is 14.6 Å². The van der Waals surface area contributed by atoms with E-state index >= 15 is 0 Å². The van der Waals surface area contributed by atoms with Crippen molar-refractivity contribution in [2.75, 3.05) is 6.54 Å². The Morgan fingerprint density at radius 3 is 2.76 bits per heavy atom. The molecule has 0 unspecified atom stereocenters. The average molecular weight is 305 g/mol. The number of carbonyl (C=O) groups excluding carboxylic acids is 1. The second-order valence-electron chi connectivity index (χ2n) is 5.08. The molecule has 1 fully saturated rings. The lowest BCUT2D eigenvalue weighted by atomic mass is 10.1. The molecule has 21 heavy (non-hydrogen) atoms. The van der Waals surface area contributed by atoms with Gasteiger partial charge in [0.05, 0.1) is 11.1 Å². The zero-order valence-corrected chi connectivity index (χ0v) is 11.9. The summed E-state index contributed by atoms with van der Waals surface area (Å²) in [5, 5.41) is 10.2. The summed E-state index contributed by atoms with van der Waals surface area (Å²) in [7, 11) is 0. The van der Waals surface area contributed by atoms with E-state index in [4.69, 9.17) is 16.7 Å². The van der Waals surface area contributed by atoms with Crippen LogP contribution in [0.2, 0.25) is 5.02 Å². The first-order valence-electron chi connectivity index (χ1n) is 6.63. The Hall–Kier alpha value is -2.14. The summed E-state index contributed by atoms with van der Waals surface area (Å²) in [5.74, 6) is -1.27. The number of aromatic nitrogens is 1. The Kier molecular flexibility index (Phi) is 3.51. The molecule has 1 aromatic carbocycles. The summed E-state index contributed by atoms with van der Waals surface area (Å²) >= 11 is 5.93.